The normalized spacial score (nSPS) is 17.8. The lowest BCUT2D eigenvalue weighted by molar-refractivity contribution is -0.171. The number of aryl methyl sites for hydroxylation is 11. The Kier molecular flexibility index (Phi) is 35.4. The van der Waals surface area contributed by atoms with Gasteiger partial charge < -0.3 is 41.2 Å². The number of hydrogen-bond acceptors (Lipinski definition) is 24. The van der Waals surface area contributed by atoms with Crippen LogP contribution in [0.3, 0.4) is 0 Å². The number of aromatic nitrogens is 12. The molecule has 12 heterocycles. The number of amides is 12. The molecule has 38 heteroatoms. The largest absolute Gasteiger partial charge is 0.384 e. The number of rotatable bonds is 32. The van der Waals surface area contributed by atoms with Gasteiger partial charge >= 0.3 is 0 Å². The Bertz CT molecular complexity index is 6420. The third kappa shape index (κ3) is 25.0. The molecule has 0 unspecified atom stereocenters. The van der Waals surface area contributed by atoms with Crippen molar-refractivity contribution < 1.29 is 61.9 Å². The zero-order chi connectivity index (χ0) is 108. The molecule has 782 valence electrons. The zero-order valence-electron chi connectivity index (χ0n) is 87.7. The number of nitrogens with zero attached hydrogens (tertiary/aromatic N) is 20. The van der Waals surface area contributed by atoms with Gasteiger partial charge in [-0.05, 0) is 246 Å². The standard InChI is InChI=1S/C29H36N6O3.C28H34N6O3.C27H31ClN6O3.C27H31FN6O3/c1-7-21(22-12-17(2)8-9-18(22)3)16-25(36)35-26(28(38)34(6)29-31-10-11-33(29)5)23(27(35)37)14-20-13-19(4)32-24(30)15-20;1-6-20(21-9-7-17(2)8-10-21)16-24(35)34-25(27(37)33(5)28-30-11-12-32(28)4)22(26(34)36)14-19-13-18(3)31-23(29)15-19;2*1-5-18(19-6-8-20(28)9-7-19)15-23(35)34-24(26(37)33(4)27-30-10-11-32(27)3)21(25(34)36)13-17-12-16(2)31-22(29)14-17/h8-13,15,21,23,26H,7,14,16H2,1-6H3,(H2,30,32);7-13,15,20,22,25H,6,14,16H2,1-5H3,(H2,29,31);2*6-12,14,18,21,24H,5,13,15H2,1-4H3,(H2,29,31)/t21-,23+,26-;20-,22+,25-;2*18-,21+,24-/m0000/s1. The molecule has 4 aliphatic rings. The van der Waals surface area contributed by atoms with Crippen LogP contribution in [0.2, 0.25) is 5.02 Å². The van der Waals surface area contributed by atoms with Crippen molar-refractivity contribution in [3.63, 3.8) is 0 Å². The van der Waals surface area contributed by atoms with Gasteiger partial charge in [-0.1, -0.05) is 117 Å². The predicted molar refractivity (Wildman–Crippen MR) is 567 cm³/mol. The summed E-state index contributed by atoms with van der Waals surface area (Å²) in [6, 6.07) is 38.0. The molecule has 0 bridgehead atoms. The minimum atomic E-state index is -0.984. The Balaban J connectivity index is 0.000000166. The summed E-state index contributed by atoms with van der Waals surface area (Å²) in [6.07, 6.45) is 17.6. The molecular formula is C111H132ClFN24O12. The van der Waals surface area contributed by atoms with Crippen molar-refractivity contribution in [2.24, 2.45) is 51.9 Å². The van der Waals surface area contributed by atoms with E-state index in [1.165, 1.54) is 31.7 Å². The highest BCUT2D eigenvalue weighted by atomic mass is 35.5. The smallest absolute Gasteiger partial charge is 0.253 e. The van der Waals surface area contributed by atoms with Crippen LogP contribution in [0, 0.1) is 78.0 Å². The van der Waals surface area contributed by atoms with Crippen LogP contribution in [-0.2, 0) is 111 Å². The summed E-state index contributed by atoms with van der Waals surface area (Å²) in [5, 5.41) is 0.612. The first-order valence-corrected chi connectivity index (χ1v) is 50.2. The number of halogens is 2. The molecule has 4 aromatic carbocycles. The molecule has 0 spiro atoms. The third-order valence-corrected chi connectivity index (χ3v) is 28.6. The monoisotopic (exact) mass is 2050 g/mol. The fraction of sp³-hybridized carbons (Fsp3) is 0.387. The lowest BCUT2D eigenvalue weighted by atomic mass is 9.80. The van der Waals surface area contributed by atoms with E-state index in [9.17, 15) is 61.9 Å². The highest BCUT2D eigenvalue weighted by molar-refractivity contribution is 6.30. The number of likely N-dealkylation sites (tertiary alicyclic amines) is 4. The number of nitrogens with two attached hydrogens (primary N) is 4. The molecule has 0 saturated carbocycles. The van der Waals surface area contributed by atoms with Gasteiger partial charge in [0.25, 0.3) is 23.6 Å². The van der Waals surface area contributed by atoms with Crippen LogP contribution < -0.4 is 42.5 Å². The van der Waals surface area contributed by atoms with E-state index in [1.54, 1.807) is 180 Å². The van der Waals surface area contributed by atoms with Crippen molar-refractivity contribution >= 4 is 130 Å². The predicted octanol–water partition coefficient (Wildman–Crippen LogP) is 13.1. The van der Waals surface area contributed by atoms with Crippen LogP contribution in [0.5, 0.6) is 0 Å². The summed E-state index contributed by atoms with van der Waals surface area (Å²) in [7, 11) is 13.5. The molecule has 0 aliphatic carbocycles. The van der Waals surface area contributed by atoms with Crippen molar-refractivity contribution in [3.8, 4) is 0 Å². The van der Waals surface area contributed by atoms with E-state index in [-0.39, 0.29) is 134 Å². The Morgan fingerprint density at radius 2 is 0.584 bits per heavy atom. The highest BCUT2D eigenvalue weighted by Crippen LogP contribution is 2.43. The molecule has 8 aromatic heterocycles. The number of likely N-dealkylation sites (N-methyl/N-ethyl adjacent to an activating group) is 4. The third-order valence-electron chi connectivity index (χ3n) is 28.4. The van der Waals surface area contributed by atoms with Gasteiger partial charge in [-0.2, -0.15) is 0 Å². The first-order valence-electron chi connectivity index (χ1n) is 49.8. The van der Waals surface area contributed by atoms with E-state index < -0.39 is 65.6 Å². The van der Waals surface area contributed by atoms with Gasteiger partial charge in [0.1, 0.15) is 53.3 Å². The quantitative estimate of drug-likeness (QED) is 0.0284. The number of carbonyl (C=O) groups is 12. The van der Waals surface area contributed by atoms with E-state index in [0.29, 0.717) is 70.6 Å². The Morgan fingerprint density at radius 1 is 0.342 bits per heavy atom. The molecule has 0 radical (unpaired) electrons. The minimum absolute atomic E-state index is 0.0256. The number of carbonyl (C=O) groups excluding carboxylic acids is 12. The maximum absolute atomic E-state index is 13.8. The average Bonchev–Trinajstić information content (AvgIpc) is 1.16. The second-order valence-corrected chi connectivity index (χ2v) is 39.6. The summed E-state index contributed by atoms with van der Waals surface area (Å²) >= 11 is 6.02. The van der Waals surface area contributed by atoms with Crippen LogP contribution >= 0.6 is 11.6 Å². The van der Waals surface area contributed by atoms with Crippen molar-refractivity contribution in [1.82, 2.24) is 77.7 Å². The van der Waals surface area contributed by atoms with Crippen LogP contribution in [0.25, 0.3) is 0 Å². The number of β-lactam (4-membered cyclic amide) rings is 4. The van der Waals surface area contributed by atoms with E-state index in [0.717, 1.165) is 111 Å². The van der Waals surface area contributed by atoms with Gasteiger partial charge in [0.15, 0.2) is 0 Å². The van der Waals surface area contributed by atoms with E-state index in [4.69, 9.17) is 34.5 Å². The van der Waals surface area contributed by atoms with Crippen LogP contribution in [0.4, 0.5) is 51.5 Å². The van der Waals surface area contributed by atoms with Gasteiger partial charge in [0.2, 0.25) is 71.1 Å². The van der Waals surface area contributed by atoms with Gasteiger partial charge in [0.05, 0.1) is 23.7 Å². The van der Waals surface area contributed by atoms with Gasteiger partial charge in [0, 0.05) is 159 Å². The Hall–Kier alpha value is -15.8. The van der Waals surface area contributed by atoms with Crippen molar-refractivity contribution in [2.75, 3.05) is 70.7 Å². The molecule has 12 amide bonds. The topological polar surface area (TPSA) is 458 Å². The molecule has 8 N–H and O–H groups in total. The first kappa shape index (κ1) is 110. The summed E-state index contributed by atoms with van der Waals surface area (Å²) in [5.41, 5.74) is 37.0. The zero-order valence-corrected chi connectivity index (χ0v) is 88.5. The number of hydrogen-bond donors (Lipinski definition) is 4. The van der Waals surface area contributed by atoms with E-state index in [2.05, 4.69) is 52.0 Å². The molecule has 4 fully saturated rings. The average molecular weight is 2050 g/mol. The molecular weight excluding hydrogens is 1920 g/mol. The molecule has 4 aliphatic heterocycles. The lowest BCUT2D eigenvalue weighted by Crippen LogP contribution is -2.69. The number of anilines is 8. The van der Waals surface area contributed by atoms with Crippen LogP contribution in [-0.4, -0.2) is 201 Å². The number of benzene rings is 4. The Labute approximate surface area is 871 Å². The van der Waals surface area contributed by atoms with Gasteiger partial charge in [-0.3, -0.25) is 96.7 Å². The Morgan fingerprint density at radius 3 is 0.826 bits per heavy atom. The number of imide groups is 4. The fourth-order valence-corrected chi connectivity index (χ4v) is 20.5. The molecule has 36 nitrogen and oxygen atoms in total. The SMILES string of the molecule is CC[C@@H](CC(=O)N1C(=O)[C@H](Cc2cc(C)nc(N)c2)[C@H]1C(=O)N(C)c1nccn1C)c1cc(C)ccc1C.CC[C@@H](CC(=O)N1C(=O)[C@H](Cc2cc(C)nc(N)c2)[C@H]1C(=O)N(C)c1nccn1C)c1ccc(C)cc1.CC[C@@H](CC(=O)N1C(=O)[C@H](Cc2cc(C)nc(N)c2)[C@H]1C(=O)N(C)c1nccn1C)c1ccc(Cl)cc1.CC[C@@H](CC(=O)N1C(=O)[C@H](Cc2cc(C)nc(N)c2)[C@H]1C(=O)N(C)c1nccn1C)c1ccc(F)cc1. The molecule has 12 atom stereocenters. The molecule has 149 heavy (non-hydrogen) atoms. The molecule has 16 rings (SSSR count). The number of imidazole rings is 4. The highest BCUT2D eigenvalue weighted by Gasteiger charge is 2.60. The van der Waals surface area contributed by atoms with E-state index in [1.807, 2.05) is 136 Å². The summed E-state index contributed by atoms with van der Waals surface area (Å²) in [4.78, 5) is 206. The number of pyridine rings is 4. The van der Waals surface area contributed by atoms with Gasteiger partial charge in [-0.25, -0.2) is 44.3 Å². The minimum Gasteiger partial charge on any atom is -0.384 e. The molecule has 12 aromatic rings. The van der Waals surface area contributed by atoms with Crippen LogP contribution in [0.15, 0.2) is 189 Å². The molecule has 4 saturated heterocycles. The maximum Gasteiger partial charge on any atom is 0.253 e. The van der Waals surface area contributed by atoms with Crippen molar-refractivity contribution in [1.29, 1.82) is 0 Å². The first-order chi connectivity index (χ1) is 70.8. The lowest BCUT2D eigenvalue weighted by Gasteiger charge is -2.46. The van der Waals surface area contributed by atoms with Crippen molar-refractivity contribution in [2.45, 2.75) is 201 Å². The van der Waals surface area contributed by atoms with Crippen molar-refractivity contribution in [3.05, 3.63) is 284 Å². The summed E-state index contributed by atoms with van der Waals surface area (Å²) in [5.74, 6) is -4.93. The second-order valence-electron chi connectivity index (χ2n) is 39.1. The summed E-state index contributed by atoms with van der Waals surface area (Å²) in [6.45, 7) is 21.3. The van der Waals surface area contributed by atoms with E-state index >= 15 is 0 Å². The maximum atomic E-state index is 13.8. The summed E-state index contributed by atoms with van der Waals surface area (Å²) < 4.78 is 20.3. The van der Waals surface area contributed by atoms with Gasteiger partial charge in [-0.15, -0.1) is 0 Å². The fourth-order valence-electron chi connectivity index (χ4n) is 20.4. The number of nitrogen functional groups attached to an aromatic ring is 4. The van der Waals surface area contributed by atoms with Crippen LogP contribution in [0.1, 0.15) is 187 Å². The second kappa shape index (κ2) is 47.8.